The molecule has 0 amide bonds. The topological polar surface area (TPSA) is 58.4 Å². The van der Waals surface area contributed by atoms with Gasteiger partial charge in [-0.25, -0.2) is 4.39 Å². The highest BCUT2D eigenvalue weighted by Gasteiger charge is 2.02. The monoisotopic (exact) mass is 472 g/mol. The second kappa shape index (κ2) is 12.5. The van der Waals surface area contributed by atoms with Gasteiger partial charge in [0, 0.05) is 38.9 Å². The highest BCUT2D eigenvalue weighted by atomic mass is 127. The number of guanidine groups is 1. The van der Waals surface area contributed by atoms with Crippen molar-refractivity contribution in [2.24, 2.45) is 4.99 Å². The van der Waals surface area contributed by atoms with Gasteiger partial charge in [-0.15, -0.1) is 24.0 Å². The first-order valence-electron chi connectivity index (χ1n) is 8.54. The summed E-state index contributed by atoms with van der Waals surface area (Å²) in [7, 11) is 1.71. The van der Waals surface area contributed by atoms with E-state index in [4.69, 9.17) is 0 Å². The number of benzene rings is 1. The molecule has 0 saturated carbocycles. The number of halogens is 2. The highest BCUT2D eigenvalue weighted by Crippen LogP contribution is 2.06. The lowest BCUT2D eigenvalue weighted by molar-refractivity contribution is 0.584. The van der Waals surface area contributed by atoms with Crippen LogP contribution in [0, 0.1) is 5.82 Å². The molecule has 2 aromatic rings. The summed E-state index contributed by atoms with van der Waals surface area (Å²) in [5.41, 5.74) is 0.722. The van der Waals surface area contributed by atoms with Crippen LogP contribution in [0.1, 0.15) is 18.4 Å². The quantitative estimate of drug-likeness (QED) is 0.269. The number of nitrogens with zero attached hydrogens (tertiary/aromatic N) is 2. The fourth-order valence-electron chi connectivity index (χ4n) is 2.50. The molecule has 0 unspecified atom stereocenters. The fraction of sp³-hybridized carbons (Fsp3) is 0.368. The second-order valence-corrected chi connectivity index (χ2v) is 5.71. The van der Waals surface area contributed by atoms with Crippen molar-refractivity contribution < 1.29 is 4.39 Å². The van der Waals surface area contributed by atoms with Crippen molar-refractivity contribution in [1.29, 1.82) is 0 Å². The molecule has 0 spiro atoms. The van der Waals surface area contributed by atoms with Gasteiger partial charge in [-0.2, -0.15) is 0 Å². The minimum absolute atomic E-state index is 0. The van der Waals surface area contributed by atoms with Crippen LogP contribution in [-0.4, -0.2) is 30.7 Å². The van der Waals surface area contributed by atoms with Gasteiger partial charge in [-0.05, 0) is 37.0 Å². The largest absolute Gasteiger partial charge is 0.356 e. The molecule has 1 aromatic heterocycles. The number of hydrogen-bond donors (Lipinski definition) is 2. The third-order valence-electron chi connectivity index (χ3n) is 3.89. The van der Waals surface area contributed by atoms with Gasteiger partial charge in [-0.1, -0.05) is 24.3 Å². The predicted octanol–water partition coefficient (Wildman–Crippen LogP) is 2.79. The molecule has 1 heterocycles. The Balaban J connectivity index is 0.00000338. The molecule has 2 N–H and O–H groups in total. The second-order valence-electron chi connectivity index (χ2n) is 5.71. The number of nitrogens with one attached hydrogen (secondary N) is 2. The van der Waals surface area contributed by atoms with Gasteiger partial charge >= 0.3 is 0 Å². The van der Waals surface area contributed by atoms with Crippen LogP contribution in [0.4, 0.5) is 4.39 Å². The van der Waals surface area contributed by atoms with Crippen LogP contribution < -0.4 is 16.2 Å². The number of aryl methyl sites for hydroxylation is 1. The van der Waals surface area contributed by atoms with E-state index in [9.17, 15) is 9.18 Å². The van der Waals surface area contributed by atoms with Crippen molar-refractivity contribution in [2.45, 2.75) is 25.8 Å². The number of hydrogen-bond acceptors (Lipinski definition) is 2. The van der Waals surface area contributed by atoms with E-state index in [1.54, 1.807) is 42.1 Å². The Morgan fingerprint density at radius 3 is 2.54 bits per heavy atom. The first kappa shape index (κ1) is 22.1. The standard InChI is InChI=1S/C19H25FN4O.HI/c1-21-19(23-13-11-16-8-2-3-9-17(16)20)22-12-5-7-15-24-14-6-4-10-18(24)25;/h2-4,6,8-10,14H,5,7,11-13,15H2,1H3,(H2,21,22,23);1H. The summed E-state index contributed by atoms with van der Waals surface area (Å²) in [5.74, 6) is 0.525. The molecule has 1 aromatic carbocycles. The van der Waals surface area contributed by atoms with E-state index in [1.807, 2.05) is 12.1 Å². The molecule has 142 valence electrons. The molecule has 0 aliphatic rings. The van der Waals surface area contributed by atoms with Crippen LogP contribution in [0.5, 0.6) is 0 Å². The molecule has 0 radical (unpaired) electrons. The number of aliphatic imine (C=N–C) groups is 1. The number of unbranched alkanes of at least 4 members (excludes halogenated alkanes) is 1. The van der Waals surface area contributed by atoms with E-state index in [2.05, 4.69) is 15.6 Å². The van der Waals surface area contributed by atoms with Crippen molar-refractivity contribution in [1.82, 2.24) is 15.2 Å². The minimum Gasteiger partial charge on any atom is -0.356 e. The average Bonchev–Trinajstić information content (AvgIpc) is 2.63. The van der Waals surface area contributed by atoms with E-state index in [0.717, 1.165) is 19.4 Å². The third kappa shape index (κ3) is 7.55. The summed E-state index contributed by atoms with van der Waals surface area (Å²) in [6.07, 6.45) is 4.24. The van der Waals surface area contributed by atoms with Crippen molar-refractivity contribution in [3.8, 4) is 0 Å². The molecule has 0 aliphatic heterocycles. The van der Waals surface area contributed by atoms with Crippen molar-refractivity contribution in [3.05, 3.63) is 70.4 Å². The normalized spacial score (nSPS) is 10.9. The Bertz CT molecular complexity index is 748. The van der Waals surface area contributed by atoms with E-state index in [-0.39, 0.29) is 35.4 Å². The fourth-order valence-corrected chi connectivity index (χ4v) is 2.50. The van der Waals surface area contributed by atoms with Crippen molar-refractivity contribution in [3.63, 3.8) is 0 Å². The predicted molar refractivity (Wildman–Crippen MR) is 115 cm³/mol. The van der Waals surface area contributed by atoms with Crippen LogP contribution in [0.25, 0.3) is 0 Å². The third-order valence-corrected chi connectivity index (χ3v) is 3.89. The number of pyridine rings is 1. The molecule has 0 bridgehead atoms. The zero-order chi connectivity index (χ0) is 17.9. The summed E-state index contributed by atoms with van der Waals surface area (Å²) in [5, 5.41) is 6.41. The van der Waals surface area contributed by atoms with E-state index in [1.165, 1.54) is 6.07 Å². The first-order valence-corrected chi connectivity index (χ1v) is 8.54. The Morgan fingerprint density at radius 1 is 1.08 bits per heavy atom. The maximum atomic E-state index is 13.6. The number of rotatable bonds is 8. The van der Waals surface area contributed by atoms with Crippen LogP contribution in [0.3, 0.4) is 0 Å². The van der Waals surface area contributed by atoms with Crippen LogP contribution in [0.15, 0.2) is 58.4 Å². The van der Waals surface area contributed by atoms with E-state index in [0.29, 0.717) is 31.0 Å². The summed E-state index contributed by atoms with van der Waals surface area (Å²) >= 11 is 0. The van der Waals surface area contributed by atoms with Gasteiger partial charge in [0.25, 0.3) is 0 Å². The smallest absolute Gasteiger partial charge is 0.250 e. The van der Waals surface area contributed by atoms with Crippen LogP contribution in [0.2, 0.25) is 0 Å². The molecule has 2 rings (SSSR count). The molecule has 7 heteroatoms. The number of aromatic nitrogens is 1. The highest BCUT2D eigenvalue weighted by molar-refractivity contribution is 14.0. The van der Waals surface area contributed by atoms with Crippen LogP contribution >= 0.6 is 24.0 Å². The van der Waals surface area contributed by atoms with Gasteiger partial charge in [0.05, 0.1) is 0 Å². The SMILES string of the molecule is CN=C(NCCCCn1ccccc1=O)NCCc1ccccc1F.I. The molecule has 26 heavy (non-hydrogen) atoms. The van der Waals surface area contributed by atoms with E-state index < -0.39 is 0 Å². The molecule has 0 saturated heterocycles. The lowest BCUT2D eigenvalue weighted by atomic mass is 10.1. The summed E-state index contributed by atoms with van der Waals surface area (Å²) < 4.78 is 15.3. The maximum Gasteiger partial charge on any atom is 0.250 e. The van der Waals surface area contributed by atoms with Crippen LogP contribution in [-0.2, 0) is 13.0 Å². The zero-order valence-electron chi connectivity index (χ0n) is 15.0. The van der Waals surface area contributed by atoms with Gasteiger partial charge < -0.3 is 15.2 Å². The first-order chi connectivity index (χ1) is 12.2. The Kier molecular flexibility index (Phi) is 10.6. The minimum atomic E-state index is -0.177. The van der Waals surface area contributed by atoms with Gasteiger partial charge in [0.1, 0.15) is 5.82 Å². The summed E-state index contributed by atoms with van der Waals surface area (Å²) in [4.78, 5) is 15.7. The van der Waals surface area contributed by atoms with Crippen molar-refractivity contribution >= 4 is 29.9 Å². The molecule has 0 aliphatic carbocycles. The van der Waals surface area contributed by atoms with E-state index >= 15 is 0 Å². The lowest BCUT2D eigenvalue weighted by Crippen LogP contribution is -2.38. The Labute approximate surface area is 170 Å². The Hall–Kier alpha value is -1.90. The molecule has 0 atom stereocenters. The Morgan fingerprint density at radius 2 is 1.81 bits per heavy atom. The molecular weight excluding hydrogens is 446 g/mol. The zero-order valence-corrected chi connectivity index (χ0v) is 17.3. The molecular formula is C19H26FIN4O. The molecule has 0 fully saturated rings. The summed E-state index contributed by atoms with van der Waals surface area (Å²) in [6.45, 7) is 2.08. The lowest BCUT2D eigenvalue weighted by Gasteiger charge is -2.12. The van der Waals surface area contributed by atoms with Gasteiger partial charge in [0.2, 0.25) is 5.56 Å². The molecule has 5 nitrogen and oxygen atoms in total. The van der Waals surface area contributed by atoms with Gasteiger partial charge in [0.15, 0.2) is 5.96 Å². The van der Waals surface area contributed by atoms with Crippen molar-refractivity contribution in [2.75, 3.05) is 20.1 Å². The summed E-state index contributed by atoms with van der Waals surface area (Å²) in [6, 6.07) is 12.0. The average molecular weight is 472 g/mol. The maximum absolute atomic E-state index is 13.6. The van der Waals surface area contributed by atoms with Gasteiger partial charge in [-0.3, -0.25) is 9.79 Å².